The van der Waals surface area contributed by atoms with Crippen molar-refractivity contribution in [1.82, 2.24) is 0 Å². The number of hydrogen-bond acceptors (Lipinski definition) is 4. The van der Waals surface area contributed by atoms with E-state index in [9.17, 15) is 15.0 Å². The fourth-order valence-corrected chi connectivity index (χ4v) is 6.14. The Morgan fingerprint density at radius 2 is 0.860 bits per heavy atom. The Kier molecular flexibility index (Phi) is 24.1. The number of benzene rings is 1. The third-order valence-corrected chi connectivity index (χ3v) is 8.73. The molecule has 0 spiro atoms. The summed E-state index contributed by atoms with van der Waals surface area (Å²) in [5.74, 6) is 0.493. The molecule has 2 N–H and O–H groups in total. The molecule has 0 bridgehead atoms. The van der Waals surface area contributed by atoms with Crippen LogP contribution in [-0.4, -0.2) is 23.0 Å². The van der Waals surface area contributed by atoms with Crippen LogP contribution >= 0.6 is 0 Å². The minimum atomic E-state index is -1.40. The summed E-state index contributed by atoms with van der Waals surface area (Å²) in [6.45, 7) is 9.45. The molecule has 0 aliphatic heterocycles. The van der Waals surface area contributed by atoms with Gasteiger partial charge in [-0.25, -0.2) is 4.79 Å². The van der Waals surface area contributed by atoms with Crippen LogP contribution in [0, 0.1) is 0 Å². The van der Waals surface area contributed by atoms with Crippen molar-refractivity contribution in [3.05, 3.63) is 16.7 Å². The molecule has 43 heavy (non-hydrogen) atoms. The van der Waals surface area contributed by atoms with Crippen molar-refractivity contribution in [2.75, 3.05) is 6.61 Å². The van der Waals surface area contributed by atoms with Crippen molar-refractivity contribution < 1.29 is 24.5 Å². The highest BCUT2D eigenvalue weighted by molar-refractivity contribution is 5.70. The minimum absolute atomic E-state index is 0.0119. The summed E-state index contributed by atoms with van der Waals surface area (Å²) in [6, 6.07) is 0. The average Bonchev–Trinajstić information content (AvgIpc) is 2.99. The van der Waals surface area contributed by atoms with E-state index in [-0.39, 0.29) is 11.5 Å². The van der Waals surface area contributed by atoms with E-state index in [1.165, 1.54) is 108 Å². The van der Waals surface area contributed by atoms with Gasteiger partial charge in [0.05, 0.1) is 6.61 Å². The van der Waals surface area contributed by atoms with Crippen LogP contribution in [0.5, 0.6) is 17.2 Å². The zero-order valence-corrected chi connectivity index (χ0v) is 28.7. The van der Waals surface area contributed by atoms with E-state index in [0.717, 1.165) is 75.3 Å². The van der Waals surface area contributed by atoms with Gasteiger partial charge in [-0.15, -0.1) is 0 Å². The fraction of sp³-hybridized carbons (Fsp3) is 0.816. The lowest BCUT2D eigenvalue weighted by atomic mass is 9.88. The first-order valence-corrected chi connectivity index (χ1v) is 18.4. The Bertz CT molecular complexity index is 834. The number of unbranched alkanes of at least 4 members (excludes halogenated alkanes) is 19. The van der Waals surface area contributed by atoms with Gasteiger partial charge in [-0.1, -0.05) is 150 Å². The molecule has 0 amide bonds. The number of phenols is 1. The number of ether oxygens (including phenoxy) is 2. The number of carbonyl (C=O) groups is 1. The van der Waals surface area contributed by atoms with Crippen molar-refractivity contribution >= 4 is 6.16 Å². The van der Waals surface area contributed by atoms with Gasteiger partial charge in [0.2, 0.25) is 5.75 Å². The van der Waals surface area contributed by atoms with Crippen LogP contribution in [0.25, 0.3) is 0 Å². The van der Waals surface area contributed by atoms with E-state index in [4.69, 9.17) is 9.47 Å². The summed E-state index contributed by atoms with van der Waals surface area (Å²) in [6.07, 6.45) is 28.2. The molecule has 0 saturated carbocycles. The number of rotatable bonds is 29. The van der Waals surface area contributed by atoms with Gasteiger partial charge in [-0.05, 0) is 50.5 Å². The van der Waals surface area contributed by atoms with E-state index in [0.29, 0.717) is 12.4 Å². The van der Waals surface area contributed by atoms with Gasteiger partial charge in [0.1, 0.15) is 0 Å². The highest BCUT2D eigenvalue weighted by Gasteiger charge is 2.27. The summed E-state index contributed by atoms with van der Waals surface area (Å²) in [5, 5.41) is 21.3. The van der Waals surface area contributed by atoms with Gasteiger partial charge in [0.25, 0.3) is 0 Å². The van der Waals surface area contributed by atoms with Crippen molar-refractivity contribution in [2.24, 2.45) is 0 Å². The molecule has 0 radical (unpaired) electrons. The second-order valence-electron chi connectivity index (χ2n) is 12.6. The first-order chi connectivity index (χ1) is 21.0. The smallest absolute Gasteiger partial charge is 0.504 e. The lowest BCUT2D eigenvalue weighted by Crippen LogP contribution is -2.12. The molecule has 0 unspecified atom stereocenters. The lowest BCUT2D eigenvalue weighted by Gasteiger charge is -2.24. The van der Waals surface area contributed by atoms with Gasteiger partial charge in [-0.3, -0.25) is 0 Å². The van der Waals surface area contributed by atoms with Gasteiger partial charge in [0, 0.05) is 11.1 Å². The van der Waals surface area contributed by atoms with Crippen molar-refractivity contribution in [3.63, 3.8) is 0 Å². The monoisotopic (exact) mass is 605 g/mol. The zero-order chi connectivity index (χ0) is 31.5. The van der Waals surface area contributed by atoms with Crippen LogP contribution in [0.1, 0.15) is 192 Å². The first-order valence-electron chi connectivity index (χ1n) is 18.4. The van der Waals surface area contributed by atoms with Gasteiger partial charge >= 0.3 is 6.16 Å². The van der Waals surface area contributed by atoms with Crippen molar-refractivity contribution in [3.8, 4) is 17.2 Å². The summed E-state index contributed by atoms with van der Waals surface area (Å²) < 4.78 is 11.8. The van der Waals surface area contributed by atoms with Crippen LogP contribution < -0.4 is 9.47 Å². The number of phenolic OH excluding ortho intramolecular Hbond substituents is 1. The van der Waals surface area contributed by atoms with Crippen LogP contribution in [0.4, 0.5) is 4.79 Å². The summed E-state index contributed by atoms with van der Waals surface area (Å²) in [7, 11) is 0. The molecular weight excluding hydrogens is 536 g/mol. The molecule has 0 heterocycles. The molecule has 250 valence electrons. The summed E-state index contributed by atoms with van der Waals surface area (Å²) in [5.41, 5.74) is 3.18. The van der Waals surface area contributed by atoms with Gasteiger partial charge < -0.3 is 19.7 Å². The van der Waals surface area contributed by atoms with Gasteiger partial charge in [0.15, 0.2) is 11.5 Å². The third kappa shape index (κ3) is 17.2. The minimum Gasteiger partial charge on any atom is -0.504 e. The molecule has 0 aliphatic rings. The van der Waals surface area contributed by atoms with E-state index in [2.05, 4.69) is 27.7 Å². The predicted octanol–water partition coefficient (Wildman–Crippen LogP) is 12.5. The number of hydrogen-bond donors (Lipinski definition) is 2. The Labute approximate surface area is 265 Å². The van der Waals surface area contributed by atoms with Crippen LogP contribution in [0.15, 0.2) is 0 Å². The Morgan fingerprint density at radius 1 is 0.488 bits per heavy atom. The van der Waals surface area contributed by atoms with Crippen molar-refractivity contribution in [2.45, 2.75) is 195 Å². The standard InChI is InChI=1S/C38H68O5/c1-5-9-13-17-18-19-23-27-31-42-36-34(30-26-22-16-12-8-4)32(28-24-20-14-10-6-2)33(29-25-21-15-11-7-3)35(39)37(36)43-38(40)41/h39H,5-31H2,1-4H3,(H,40,41). The molecule has 1 aromatic carbocycles. The second-order valence-corrected chi connectivity index (χ2v) is 12.6. The maximum absolute atomic E-state index is 11.9. The molecule has 0 saturated heterocycles. The average molecular weight is 605 g/mol. The van der Waals surface area contributed by atoms with Crippen molar-refractivity contribution in [1.29, 1.82) is 0 Å². The fourth-order valence-electron chi connectivity index (χ4n) is 6.14. The maximum atomic E-state index is 11.9. The Balaban J connectivity index is 3.31. The van der Waals surface area contributed by atoms with Crippen LogP contribution in [0.2, 0.25) is 0 Å². The lowest BCUT2D eigenvalue weighted by molar-refractivity contribution is 0.140. The first kappa shape index (κ1) is 39.1. The van der Waals surface area contributed by atoms with Gasteiger partial charge in [-0.2, -0.15) is 0 Å². The molecule has 0 aromatic heterocycles. The number of aromatic hydroxyl groups is 1. The van der Waals surface area contributed by atoms with Crippen LogP contribution in [0.3, 0.4) is 0 Å². The molecule has 0 fully saturated rings. The molecule has 0 aliphatic carbocycles. The molecule has 1 aromatic rings. The zero-order valence-electron chi connectivity index (χ0n) is 28.7. The normalized spacial score (nSPS) is 11.3. The van der Waals surface area contributed by atoms with E-state index >= 15 is 0 Å². The topological polar surface area (TPSA) is 76.0 Å². The predicted molar refractivity (Wildman–Crippen MR) is 182 cm³/mol. The molecule has 5 nitrogen and oxygen atoms in total. The molecule has 0 atom stereocenters. The SMILES string of the molecule is CCCCCCCCCCOc1c(CCCCCCC)c(CCCCCCC)c(CCCCCCC)c(O)c1OC(=O)O. The quantitative estimate of drug-likeness (QED) is 0.0540. The highest BCUT2D eigenvalue weighted by atomic mass is 16.7. The number of carboxylic acid groups (broad SMARTS) is 1. The molecule has 1 rings (SSSR count). The van der Waals surface area contributed by atoms with E-state index in [1.807, 2.05) is 0 Å². The van der Waals surface area contributed by atoms with E-state index < -0.39 is 6.16 Å². The molecular formula is C38H68O5. The maximum Gasteiger partial charge on any atom is 0.511 e. The molecule has 5 heteroatoms. The van der Waals surface area contributed by atoms with E-state index in [1.54, 1.807) is 0 Å². The third-order valence-electron chi connectivity index (χ3n) is 8.73. The van der Waals surface area contributed by atoms with Crippen LogP contribution in [-0.2, 0) is 19.3 Å². The second kappa shape index (κ2) is 26.5. The largest absolute Gasteiger partial charge is 0.511 e. The Hall–Kier alpha value is -1.91. The Morgan fingerprint density at radius 3 is 1.30 bits per heavy atom. The highest BCUT2D eigenvalue weighted by Crippen LogP contribution is 2.47. The summed E-state index contributed by atoms with van der Waals surface area (Å²) in [4.78, 5) is 11.9. The summed E-state index contributed by atoms with van der Waals surface area (Å²) >= 11 is 0.